The molecule has 0 aliphatic carbocycles. The van der Waals surface area contributed by atoms with Crippen molar-refractivity contribution in [2.24, 2.45) is 0 Å². The van der Waals surface area contributed by atoms with Crippen LogP contribution in [0.1, 0.15) is 27.2 Å². The number of pyridine rings is 2. The van der Waals surface area contributed by atoms with Crippen molar-refractivity contribution in [3.8, 4) is 17.1 Å². The number of fused-ring (bicyclic) bond motifs is 1. The highest BCUT2D eigenvalue weighted by molar-refractivity contribution is 7.17. The molecule has 1 amide bonds. The van der Waals surface area contributed by atoms with Crippen LogP contribution in [0.25, 0.3) is 21.6 Å². The van der Waals surface area contributed by atoms with Crippen LogP contribution < -0.4 is 4.74 Å². The molecule has 9 heteroatoms. The van der Waals surface area contributed by atoms with Gasteiger partial charge in [0.2, 0.25) is 0 Å². The Morgan fingerprint density at radius 1 is 1.19 bits per heavy atom. The fourth-order valence-electron chi connectivity index (χ4n) is 3.60. The summed E-state index contributed by atoms with van der Waals surface area (Å²) in [7, 11) is 1.31. The lowest BCUT2D eigenvalue weighted by Gasteiger charge is -2.27. The highest BCUT2D eigenvalue weighted by Gasteiger charge is 2.43. The summed E-state index contributed by atoms with van der Waals surface area (Å²) < 4.78 is 17.6. The maximum absolute atomic E-state index is 12.7. The van der Waals surface area contributed by atoms with Crippen LogP contribution in [0.4, 0.5) is 4.79 Å². The third-order valence-electron chi connectivity index (χ3n) is 4.96. The molecule has 0 spiro atoms. The van der Waals surface area contributed by atoms with Crippen molar-refractivity contribution < 1.29 is 23.8 Å². The van der Waals surface area contributed by atoms with Crippen molar-refractivity contribution in [3.05, 3.63) is 41.9 Å². The van der Waals surface area contributed by atoms with E-state index in [4.69, 9.17) is 14.2 Å². The van der Waals surface area contributed by atoms with Gasteiger partial charge in [-0.05, 0) is 44.4 Å². The number of amides is 1. The first-order valence-corrected chi connectivity index (χ1v) is 11.2. The Balaban J connectivity index is 1.62. The summed E-state index contributed by atoms with van der Waals surface area (Å²) in [6.07, 6.45) is 1.05. The predicted molar refractivity (Wildman–Crippen MR) is 121 cm³/mol. The molecule has 3 aromatic rings. The van der Waals surface area contributed by atoms with E-state index < -0.39 is 29.8 Å². The molecule has 1 fully saturated rings. The summed E-state index contributed by atoms with van der Waals surface area (Å²) in [6, 6.07) is 8.65. The first-order valence-electron chi connectivity index (χ1n) is 10.3. The molecule has 0 radical (unpaired) electrons. The van der Waals surface area contributed by atoms with Gasteiger partial charge in [-0.25, -0.2) is 14.6 Å². The van der Waals surface area contributed by atoms with Gasteiger partial charge in [-0.2, -0.15) is 0 Å². The van der Waals surface area contributed by atoms with E-state index in [2.05, 4.69) is 9.97 Å². The van der Waals surface area contributed by atoms with Crippen LogP contribution in [0.5, 0.6) is 5.75 Å². The van der Waals surface area contributed by atoms with Crippen LogP contribution in [0.2, 0.25) is 0 Å². The quantitative estimate of drug-likeness (QED) is 0.542. The molecule has 0 bridgehead atoms. The standard InChI is InChI=1S/C23H25N3O5S/c1-23(2,3)31-22(28)26-13-14(11-18(26)21(27)29-4)30-19-12-17(15-7-5-6-9-24-15)25-16-8-10-32-20(16)19/h5-10,12,14,18H,11,13H2,1-4H3. The number of hydrogen-bond donors (Lipinski definition) is 0. The number of ether oxygens (including phenoxy) is 3. The number of aromatic nitrogens is 2. The molecular weight excluding hydrogens is 430 g/mol. The van der Waals surface area contributed by atoms with Crippen molar-refractivity contribution >= 4 is 33.6 Å². The van der Waals surface area contributed by atoms with E-state index in [1.807, 2.05) is 35.7 Å². The minimum atomic E-state index is -0.768. The van der Waals surface area contributed by atoms with Gasteiger partial charge in [0.05, 0.1) is 35.3 Å². The minimum Gasteiger partial charge on any atom is -0.487 e. The van der Waals surface area contributed by atoms with E-state index in [0.29, 0.717) is 17.9 Å². The Bertz CT molecular complexity index is 1130. The summed E-state index contributed by atoms with van der Waals surface area (Å²) in [6.45, 7) is 5.56. The first kappa shape index (κ1) is 22.0. The molecule has 3 aromatic heterocycles. The fourth-order valence-corrected chi connectivity index (χ4v) is 4.39. The number of carbonyl (C=O) groups is 2. The van der Waals surface area contributed by atoms with Crippen molar-refractivity contribution in [2.45, 2.75) is 44.9 Å². The second kappa shape index (κ2) is 8.74. The molecule has 0 aromatic carbocycles. The first-order chi connectivity index (χ1) is 15.2. The number of esters is 1. The van der Waals surface area contributed by atoms with Gasteiger partial charge in [-0.1, -0.05) is 6.07 Å². The lowest BCUT2D eigenvalue weighted by atomic mass is 10.2. The van der Waals surface area contributed by atoms with Crippen molar-refractivity contribution in [3.63, 3.8) is 0 Å². The third-order valence-corrected chi connectivity index (χ3v) is 5.88. The zero-order chi connectivity index (χ0) is 22.9. The maximum Gasteiger partial charge on any atom is 0.411 e. The fraction of sp³-hybridized carbons (Fsp3) is 0.391. The lowest BCUT2D eigenvalue weighted by molar-refractivity contribution is -0.145. The number of rotatable bonds is 4. The van der Waals surface area contributed by atoms with Crippen molar-refractivity contribution in [1.29, 1.82) is 0 Å². The molecule has 4 heterocycles. The zero-order valence-electron chi connectivity index (χ0n) is 18.4. The van der Waals surface area contributed by atoms with Gasteiger partial charge in [0.1, 0.15) is 23.5 Å². The molecule has 8 nitrogen and oxygen atoms in total. The van der Waals surface area contributed by atoms with Crippen LogP contribution in [-0.4, -0.2) is 58.3 Å². The van der Waals surface area contributed by atoms with E-state index in [1.54, 1.807) is 27.0 Å². The Kier molecular flexibility index (Phi) is 6.01. The van der Waals surface area contributed by atoms with Crippen molar-refractivity contribution in [1.82, 2.24) is 14.9 Å². The van der Waals surface area contributed by atoms with Crippen molar-refractivity contribution in [2.75, 3.05) is 13.7 Å². The Morgan fingerprint density at radius 3 is 2.69 bits per heavy atom. The predicted octanol–water partition coefficient (Wildman–Crippen LogP) is 4.29. The van der Waals surface area contributed by atoms with Gasteiger partial charge < -0.3 is 14.2 Å². The molecule has 1 aliphatic heterocycles. The molecule has 168 valence electrons. The van der Waals surface area contributed by atoms with E-state index in [0.717, 1.165) is 15.9 Å². The van der Waals surface area contributed by atoms with E-state index in [-0.39, 0.29) is 6.54 Å². The topological polar surface area (TPSA) is 90.9 Å². The van der Waals surface area contributed by atoms with Crippen LogP contribution in [0, 0.1) is 0 Å². The number of likely N-dealkylation sites (tertiary alicyclic amines) is 1. The highest BCUT2D eigenvalue weighted by atomic mass is 32.1. The third kappa shape index (κ3) is 4.67. The maximum atomic E-state index is 12.7. The molecule has 4 rings (SSSR count). The molecule has 0 saturated carbocycles. The highest BCUT2D eigenvalue weighted by Crippen LogP contribution is 2.35. The summed E-state index contributed by atoms with van der Waals surface area (Å²) in [5.74, 6) is 0.150. The smallest absolute Gasteiger partial charge is 0.411 e. The Labute approximate surface area is 190 Å². The normalized spacial score (nSPS) is 18.6. The summed E-state index contributed by atoms with van der Waals surface area (Å²) >= 11 is 1.52. The number of thiophene rings is 1. The molecule has 2 atom stereocenters. The van der Waals surface area contributed by atoms with Gasteiger partial charge in [-0.15, -0.1) is 11.3 Å². The number of nitrogens with zero attached hydrogens (tertiary/aromatic N) is 3. The van der Waals surface area contributed by atoms with E-state index >= 15 is 0 Å². The van der Waals surface area contributed by atoms with Gasteiger partial charge in [0.15, 0.2) is 0 Å². The second-order valence-electron chi connectivity index (χ2n) is 8.50. The molecule has 1 aliphatic rings. The largest absolute Gasteiger partial charge is 0.487 e. The summed E-state index contributed by atoms with van der Waals surface area (Å²) in [5.41, 5.74) is 1.56. The second-order valence-corrected chi connectivity index (χ2v) is 9.42. The average Bonchev–Trinajstić information content (AvgIpc) is 3.40. The Hall–Kier alpha value is -3.20. The molecule has 0 N–H and O–H groups in total. The molecular formula is C23H25N3O5S. The zero-order valence-corrected chi connectivity index (χ0v) is 19.2. The lowest BCUT2D eigenvalue weighted by Crippen LogP contribution is -2.44. The van der Waals surface area contributed by atoms with Crippen LogP contribution in [0.3, 0.4) is 0 Å². The molecule has 2 unspecified atom stereocenters. The molecule has 1 saturated heterocycles. The monoisotopic (exact) mass is 455 g/mol. The number of methoxy groups -OCH3 is 1. The van der Waals surface area contributed by atoms with E-state index in [1.165, 1.54) is 23.3 Å². The Morgan fingerprint density at radius 2 is 2.00 bits per heavy atom. The van der Waals surface area contributed by atoms with Crippen LogP contribution in [0.15, 0.2) is 41.9 Å². The summed E-state index contributed by atoms with van der Waals surface area (Å²) in [5, 5.41) is 1.95. The summed E-state index contributed by atoms with van der Waals surface area (Å²) in [4.78, 5) is 35.5. The van der Waals surface area contributed by atoms with Crippen LogP contribution in [-0.2, 0) is 14.3 Å². The van der Waals surface area contributed by atoms with Gasteiger partial charge in [0.25, 0.3) is 0 Å². The average molecular weight is 456 g/mol. The molecule has 32 heavy (non-hydrogen) atoms. The number of carbonyl (C=O) groups excluding carboxylic acids is 2. The van der Waals surface area contributed by atoms with Gasteiger partial charge >= 0.3 is 12.1 Å². The van der Waals surface area contributed by atoms with Gasteiger partial charge in [0, 0.05) is 18.7 Å². The SMILES string of the molecule is COC(=O)C1CC(Oc2cc(-c3ccccn3)nc3ccsc23)CN1C(=O)OC(C)(C)C. The number of hydrogen-bond acceptors (Lipinski definition) is 8. The van der Waals surface area contributed by atoms with Gasteiger partial charge in [-0.3, -0.25) is 9.88 Å². The van der Waals surface area contributed by atoms with E-state index in [9.17, 15) is 9.59 Å². The minimum absolute atomic E-state index is 0.211. The van der Waals surface area contributed by atoms with Crippen LogP contribution >= 0.6 is 11.3 Å².